The average molecular weight is 317 g/mol. The van der Waals surface area contributed by atoms with Crippen LogP contribution in [0.15, 0.2) is 22.7 Å². The molecule has 1 aromatic carbocycles. The fourth-order valence-electron chi connectivity index (χ4n) is 1.38. The number of hydrogen-bond acceptors (Lipinski definition) is 4. The van der Waals surface area contributed by atoms with Gasteiger partial charge in [0.2, 0.25) is 0 Å². The second-order valence-electron chi connectivity index (χ2n) is 3.66. The minimum Gasteiger partial charge on any atom is -0.394 e. The summed E-state index contributed by atoms with van der Waals surface area (Å²) in [7, 11) is 0. The number of nitrogens with one attached hydrogen (secondary N) is 1. The lowest BCUT2D eigenvalue weighted by Gasteiger charge is -2.14. The van der Waals surface area contributed by atoms with Crippen LogP contribution in [0.2, 0.25) is 0 Å². The molecule has 1 amide bonds. The number of nitrogens with zero attached hydrogens (tertiary/aromatic N) is 1. The van der Waals surface area contributed by atoms with Crippen LogP contribution in [0, 0.1) is 10.1 Å². The summed E-state index contributed by atoms with van der Waals surface area (Å²) in [5, 5.41) is 22.3. The molecule has 1 unspecified atom stereocenters. The number of hydrogen-bond donors (Lipinski definition) is 2. The van der Waals surface area contributed by atoms with E-state index in [1.807, 2.05) is 6.92 Å². The van der Waals surface area contributed by atoms with Crippen molar-refractivity contribution in [3.8, 4) is 0 Å². The Morgan fingerprint density at radius 3 is 2.78 bits per heavy atom. The molecule has 7 heteroatoms. The summed E-state index contributed by atoms with van der Waals surface area (Å²) in [5.74, 6) is -0.452. The van der Waals surface area contributed by atoms with Crippen molar-refractivity contribution in [1.29, 1.82) is 0 Å². The van der Waals surface area contributed by atoms with Gasteiger partial charge in [0.25, 0.3) is 11.6 Å². The highest BCUT2D eigenvalue weighted by Crippen LogP contribution is 2.28. The lowest BCUT2D eigenvalue weighted by Crippen LogP contribution is -2.37. The number of halogens is 1. The van der Waals surface area contributed by atoms with Gasteiger partial charge in [-0.1, -0.05) is 13.0 Å². The SMILES string of the molecule is CCC(CO)NC(=O)c1cccc([N+](=O)[O-])c1Br. The predicted molar refractivity (Wildman–Crippen MR) is 69.4 cm³/mol. The molecular formula is C11H13BrN2O4. The number of benzene rings is 1. The maximum Gasteiger partial charge on any atom is 0.284 e. The van der Waals surface area contributed by atoms with Crippen molar-refractivity contribution in [2.75, 3.05) is 6.61 Å². The molecule has 0 saturated heterocycles. The second-order valence-corrected chi connectivity index (χ2v) is 4.45. The van der Waals surface area contributed by atoms with Gasteiger partial charge in [-0.3, -0.25) is 14.9 Å². The van der Waals surface area contributed by atoms with Crippen LogP contribution in [0.5, 0.6) is 0 Å². The molecule has 1 atom stereocenters. The minimum atomic E-state index is -0.565. The van der Waals surface area contributed by atoms with Crippen LogP contribution in [0.25, 0.3) is 0 Å². The van der Waals surface area contributed by atoms with E-state index in [9.17, 15) is 14.9 Å². The molecule has 0 heterocycles. The van der Waals surface area contributed by atoms with Gasteiger partial charge in [-0.05, 0) is 28.4 Å². The molecule has 0 aromatic heterocycles. The molecule has 6 nitrogen and oxygen atoms in total. The highest BCUT2D eigenvalue weighted by molar-refractivity contribution is 9.10. The third-order valence-corrected chi connectivity index (χ3v) is 3.30. The number of carbonyl (C=O) groups is 1. The van der Waals surface area contributed by atoms with E-state index in [-0.39, 0.29) is 28.4 Å². The van der Waals surface area contributed by atoms with E-state index < -0.39 is 10.8 Å². The monoisotopic (exact) mass is 316 g/mol. The Hall–Kier alpha value is -1.47. The number of aliphatic hydroxyl groups excluding tert-OH is 1. The van der Waals surface area contributed by atoms with Crippen LogP contribution in [0.4, 0.5) is 5.69 Å². The van der Waals surface area contributed by atoms with Gasteiger partial charge >= 0.3 is 0 Å². The Labute approximate surface area is 112 Å². The van der Waals surface area contributed by atoms with Gasteiger partial charge in [-0.2, -0.15) is 0 Å². The topological polar surface area (TPSA) is 92.5 Å². The van der Waals surface area contributed by atoms with Crippen LogP contribution in [0.3, 0.4) is 0 Å². The van der Waals surface area contributed by atoms with Crippen LogP contribution in [-0.4, -0.2) is 28.6 Å². The normalized spacial score (nSPS) is 11.9. The number of amides is 1. The number of aliphatic hydroxyl groups is 1. The summed E-state index contributed by atoms with van der Waals surface area (Å²) in [6.07, 6.45) is 0.578. The van der Waals surface area contributed by atoms with Gasteiger partial charge in [-0.15, -0.1) is 0 Å². The van der Waals surface area contributed by atoms with E-state index in [0.29, 0.717) is 6.42 Å². The van der Waals surface area contributed by atoms with Crippen LogP contribution < -0.4 is 5.32 Å². The van der Waals surface area contributed by atoms with Gasteiger partial charge in [0.15, 0.2) is 0 Å². The molecule has 0 aliphatic rings. The first-order valence-corrected chi connectivity index (χ1v) is 6.15. The van der Waals surface area contributed by atoms with Gasteiger partial charge in [0, 0.05) is 6.07 Å². The standard InChI is InChI=1S/C11H13BrN2O4/c1-2-7(6-15)13-11(16)8-4-3-5-9(10(8)12)14(17)18/h3-5,7,15H,2,6H2,1H3,(H,13,16). The molecule has 0 radical (unpaired) electrons. The number of rotatable bonds is 5. The molecule has 0 fully saturated rings. The highest BCUT2D eigenvalue weighted by atomic mass is 79.9. The summed E-state index contributed by atoms with van der Waals surface area (Å²) in [5.41, 5.74) is 0.01000. The minimum absolute atomic E-state index is 0.139. The average Bonchev–Trinajstić information content (AvgIpc) is 2.35. The maximum absolute atomic E-state index is 11.9. The van der Waals surface area contributed by atoms with Crippen molar-refractivity contribution >= 4 is 27.5 Å². The molecule has 1 rings (SSSR count). The van der Waals surface area contributed by atoms with Gasteiger partial charge in [0.05, 0.1) is 23.1 Å². The first-order chi connectivity index (χ1) is 8.51. The Balaban J connectivity index is 2.99. The van der Waals surface area contributed by atoms with Gasteiger partial charge < -0.3 is 10.4 Å². The van der Waals surface area contributed by atoms with E-state index in [2.05, 4.69) is 21.2 Å². The lowest BCUT2D eigenvalue weighted by atomic mass is 10.1. The zero-order valence-corrected chi connectivity index (χ0v) is 11.3. The van der Waals surface area contributed by atoms with E-state index >= 15 is 0 Å². The first kappa shape index (κ1) is 14.6. The van der Waals surface area contributed by atoms with Gasteiger partial charge in [0.1, 0.15) is 4.47 Å². The quantitative estimate of drug-likeness (QED) is 0.640. The van der Waals surface area contributed by atoms with E-state index in [0.717, 1.165) is 0 Å². The summed E-state index contributed by atoms with van der Waals surface area (Å²) in [6, 6.07) is 3.88. The Kier molecular flexibility index (Phi) is 5.24. The smallest absolute Gasteiger partial charge is 0.284 e. The Morgan fingerprint density at radius 2 is 2.28 bits per heavy atom. The summed E-state index contributed by atoms with van der Waals surface area (Å²) in [6.45, 7) is 1.65. The third-order valence-electron chi connectivity index (χ3n) is 2.47. The summed E-state index contributed by atoms with van der Waals surface area (Å²) >= 11 is 3.05. The van der Waals surface area contributed by atoms with Crippen molar-refractivity contribution in [1.82, 2.24) is 5.32 Å². The molecule has 0 bridgehead atoms. The summed E-state index contributed by atoms with van der Waals surface area (Å²) in [4.78, 5) is 22.1. The second kappa shape index (κ2) is 6.46. The fraction of sp³-hybridized carbons (Fsp3) is 0.364. The number of nitro benzene ring substituents is 1. The van der Waals surface area contributed by atoms with Crippen LogP contribution >= 0.6 is 15.9 Å². The van der Waals surface area contributed by atoms with Crippen LogP contribution in [-0.2, 0) is 0 Å². The number of carbonyl (C=O) groups excluding carboxylic acids is 1. The highest BCUT2D eigenvalue weighted by Gasteiger charge is 2.20. The van der Waals surface area contributed by atoms with E-state index in [1.54, 1.807) is 0 Å². The van der Waals surface area contributed by atoms with E-state index in [4.69, 9.17) is 5.11 Å². The molecule has 0 aliphatic heterocycles. The van der Waals surface area contributed by atoms with Crippen molar-refractivity contribution in [3.05, 3.63) is 38.3 Å². The summed E-state index contributed by atoms with van der Waals surface area (Å²) < 4.78 is 0.139. The zero-order chi connectivity index (χ0) is 13.7. The van der Waals surface area contributed by atoms with E-state index in [1.165, 1.54) is 18.2 Å². The van der Waals surface area contributed by atoms with Crippen molar-refractivity contribution in [2.24, 2.45) is 0 Å². The largest absolute Gasteiger partial charge is 0.394 e. The molecule has 0 aliphatic carbocycles. The fourth-order valence-corrected chi connectivity index (χ4v) is 1.97. The third kappa shape index (κ3) is 3.27. The lowest BCUT2D eigenvalue weighted by molar-refractivity contribution is -0.385. The maximum atomic E-state index is 11.9. The zero-order valence-electron chi connectivity index (χ0n) is 9.72. The van der Waals surface area contributed by atoms with Crippen molar-refractivity contribution in [2.45, 2.75) is 19.4 Å². The number of nitro groups is 1. The molecule has 18 heavy (non-hydrogen) atoms. The molecule has 1 aromatic rings. The van der Waals surface area contributed by atoms with Crippen molar-refractivity contribution in [3.63, 3.8) is 0 Å². The van der Waals surface area contributed by atoms with Crippen molar-refractivity contribution < 1.29 is 14.8 Å². The van der Waals surface area contributed by atoms with Crippen LogP contribution in [0.1, 0.15) is 23.7 Å². The molecule has 98 valence electrons. The Morgan fingerprint density at radius 1 is 1.61 bits per heavy atom. The molecular weight excluding hydrogens is 304 g/mol. The molecule has 0 spiro atoms. The predicted octanol–water partition coefficient (Wildman–Crippen LogP) is 1.86. The van der Waals surface area contributed by atoms with Gasteiger partial charge in [-0.25, -0.2) is 0 Å². The molecule has 2 N–H and O–H groups in total. The Bertz CT molecular complexity index is 460. The molecule has 0 saturated carbocycles. The first-order valence-electron chi connectivity index (χ1n) is 5.35.